The smallest absolute Gasteiger partial charge is 0.343 e. The van der Waals surface area contributed by atoms with Gasteiger partial charge in [-0.05, 0) is 92.1 Å². The third-order valence-electron chi connectivity index (χ3n) is 18.1. The first-order chi connectivity index (χ1) is 39.8. The molecule has 0 aliphatic carbocycles. The number of phenolic OH excluding ortho intramolecular Hbond substituents is 1. The molecule has 22 heteroatoms. The Hall–Kier alpha value is -8.26. The lowest BCUT2D eigenvalue weighted by Gasteiger charge is -2.42. The molecule has 14 rings (SSSR count). The molecular formula is C61H54F5N9O8. The number of benzene rings is 3. The summed E-state index contributed by atoms with van der Waals surface area (Å²) in [6.07, 6.45) is 9.22. The van der Waals surface area contributed by atoms with Crippen LogP contribution in [0.4, 0.5) is 27.8 Å². The number of fused-ring (bicyclic) bond motifs is 10. The number of ether oxygens (including phenoxy) is 3. The van der Waals surface area contributed by atoms with E-state index in [0.717, 1.165) is 13.0 Å². The molecule has 4 aromatic heterocycles. The number of carbonyl (C=O) groups excluding carboxylic acids is 2. The SMILES string of the molecule is C#Cc1c(F)ccc2cc(O)cc(-c3ncc4c(N5CC6CCC(C5)N6C(=O)C(=C)COc5ccc6nc7c(c(CN8CC(F)(F)C8)c6c5)Cn5c-7cc6c(c5=O)COC(=O)[C@]6(O)CC)nc(OC[C@@]56CCCN5C[C@H](F)C6)nc4c3F)c12. The van der Waals surface area contributed by atoms with Crippen LogP contribution in [0, 0.1) is 24.0 Å². The van der Waals surface area contributed by atoms with Gasteiger partial charge in [-0.1, -0.05) is 25.5 Å². The molecule has 17 nitrogen and oxygen atoms in total. The Morgan fingerprint density at radius 1 is 0.976 bits per heavy atom. The third kappa shape index (κ3) is 8.39. The van der Waals surface area contributed by atoms with Crippen molar-refractivity contribution in [1.29, 1.82) is 0 Å². The van der Waals surface area contributed by atoms with E-state index in [1.165, 1.54) is 35.0 Å². The molecule has 5 atom stereocenters. The fraction of sp³-hybridized carbons (Fsp3) is 0.393. The Kier molecular flexibility index (Phi) is 12.2. The molecule has 5 saturated heterocycles. The van der Waals surface area contributed by atoms with Crippen molar-refractivity contribution in [2.75, 3.05) is 57.4 Å². The molecule has 0 saturated carbocycles. The highest BCUT2D eigenvalue weighted by Crippen LogP contribution is 2.45. The number of phenols is 1. The normalized spacial score (nSPS) is 24.1. The van der Waals surface area contributed by atoms with Gasteiger partial charge in [0.2, 0.25) is 0 Å². The highest BCUT2D eigenvalue weighted by Gasteiger charge is 2.51. The molecule has 2 N–H and O–H groups in total. The number of amides is 1. The summed E-state index contributed by atoms with van der Waals surface area (Å²) in [6, 6.07) is 11.1. The summed E-state index contributed by atoms with van der Waals surface area (Å²) in [4.78, 5) is 67.8. The molecule has 5 fully saturated rings. The quantitative estimate of drug-likeness (QED) is 0.0532. The van der Waals surface area contributed by atoms with Crippen molar-refractivity contribution in [2.24, 2.45) is 0 Å². The Morgan fingerprint density at radius 3 is 2.53 bits per heavy atom. The number of esters is 1. The molecule has 7 aromatic rings. The molecule has 83 heavy (non-hydrogen) atoms. The zero-order valence-corrected chi connectivity index (χ0v) is 45.0. The van der Waals surface area contributed by atoms with E-state index in [0.29, 0.717) is 69.6 Å². The Bertz CT molecular complexity index is 4100. The highest BCUT2D eigenvalue weighted by molar-refractivity contribution is 6.03. The zero-order chi connectivity index (χ0) is 57.6. The molecule has 1 amide bonds. The average molecular weight is 1140 g/mol. The van der Waals surface area contributed by atoms with Crippen molar-refractivity contribution in [3.05, 3.63) is 117 Å². The van der Waals surface area contributed by atoms with Crippen LogP contribution in [-0.2, 0) is 39.6 Å². The van der Waals surface area contributed by atoms with Crippen LogP contribution in [0.15, 0.2) is 71.7 Å². The van der Waals surface area contributed by atoms with E-state index in [-0.39, 0.29) is 145 Å². The zero-order valence-electron chi connectivity index (χ0n) is 45.0. The van der Waals surface area contributed by atoms with Gasteiger partial charge in [0.15, 0.2) is 11.4 Å². The number of carbonyl (C=O) groups is 2. The minimum Gasteiger partial charge on any atom is -0.508 e. The number of pyridine rings is 3. The minimum atomic E-state index is -2.86. The summed E-state index contributed by atoms with van der Waals surface area (Å²) in [5, 5.41) is 23.6. The first kappa shape index (κ1) is 52.8. The summed E-state index contributed by atoms with van der Waals surface area (Å²) in [6.45, 7) is 6.08. The fourth-order valence-corrected chi connectivity index (χ4v) is 14.1. The van der Waals surface area contributed by atoms with Crippen LogP contribution in [0.5, 0.6) is 17.5 Å². The van der Waals surface area contributed by atoms with E-state index in [9.17, 15) is 37.8 Å². The van der Waals surface area contributed by atoms with Crippen molar-refractivity contribution < 1.29 is 56.0 Å². The first-order valence-electron chi connectivity index (χ1n) is 27.8. The van der Waals surface area contributed by atoms with Gasteiger partial charge in [-0.2, -0.15) is 9.97 Å². The lowest BCUT2D eigenvalue weighted by atomic mass is 9.86. The van der Waals surface area contributed by atoms with Crippen LogP contribution in [-0.4, -0.2) is 143 Å². The van der Waals surface area contributed by atoms with Gasteiger partial charge in [-0.25, -0.2) is 31.7 Å². The lowest BCUT2D eigenvalue weighted by molar-refractivity contribution is -0.172. The monoisotopic (exact) mass is 1140 g/mol. The number of aromatic hydroxyl groups is 1. The van der Waals surface area contributed by atoms with E-state index >= 15 is 8.78 Å². The molecule has 2 bridgehead atoms. The number of aliphatic hydroxyl groups is 1. The van der Waals surface area contributed by atoms with Gasteiger partial charge in [0.25, 0.3) is 17.4 Å². The topological polar surface area (TPSA) is 189 Å². The number of likely N-dealkylation sites (tertiary alicyclic amines) is 1. The van der Waals surface area contributed by atoms with Crippen LogP contribution in [0.2, 0.25) is 0 Å². The molecular weight excluding hydrogens is 1080 g/mol. The molecule has 7 aliphatic rings. The largest absolute Gasteiger partial charge is 0.508 e. The predicted molar refractivity (Wildman–Crippen MR) is 294 cm³/mol. The number of terminal acetylenes is 1. The van der Waals surface area contributed by atoms with Gasteiger partial charge in [0, 0.05) is 71.8 Å². The summed E-state index contributed by atoms with van der Waals surface area (Å²) >= 11 is 0. The minimum absolute atomic E-state index is 0.0368. The second-order valence-corrected chi connectivity index (χ2v) is 23.1. The van der Waals surface area contributed by atoms with E-state index in [2.05, 4.69) is 27.4 Å². The number of aromatic nitrogens is 5. The maximum Gasteiger partial charge on any atom is 0.343 e. The molecule has 7 aliphatic heterocycles. The van der Waals surface area contributed by atoms with Crippen molar-refractivity contribution >= 4 is 50.3 Å². The van der Waals surface area contributed by atoms with Gasteiger partial charge in [-0.15, -0.1) is 6.42 Å². The van der Waals surface area contributed by atoms with Gasteiger partial charge in [0.1, 0.15) is 60.3 Å². The highest BCUT2D eigenvalue weighted by atomic mass is 19.3. The summed E-state index contributed by atoms with van der Waals surface area (Å²) < 4.78 is 95.5. The maximum atomic E-state index is 17.5. The van der Waals surface area contributed by atoms with E-state index in [1.54, 1.807) is 41.0 Å². The Balaban J connectivity index is 0.742. The predicted octanol–water partition coefficient (Wildman–Crippen LogP) is 7.42. The number of cyclic esters (lactones) is 1. The van der Waals surface area contributed by atoms with Crippen LogP contribution in [0.3, 0.4) is 0 Å². The van der Waals surface area contributed by atoms with Crippen molar-refractivity contribution in [3.63, 3.8) is 0 Å². The standard InChI is InChI=1S/C61H54F5N9O8/c1-4-38-46(63)11-7-32-15-36(76)16-40(49(32)38)52-50(64)53-41(20-67-52)54(70-58(69-53)83-30-59-13-6-14-73(59)21-33(62)19-59)72-22-34-8-9-35(23-72)75(34)55(77)31(3)26-81-37-10-12-47-39(17-37)42(24-71-28-60(65,66)29-71)43-25-74-48(51(43)68-47)18-45-44(56(74)78)27-82-57(79)61(45,80)5-2/h1,7,10-12,15-18,20,33-35,76,80H,3,5-6,8-9,13-14,19,21-30H2,2H3/t33-,34?,35?,59+,61+/m1/s1. The van der Waals surface area contributed by atoms with Crippen molar-refractivity contribution in [2.45, 2.75) is 100 Å². The number of nitrogens with zero attached hydrogens (tertiary/aromatic N) is 9. The van der Waals surface area contributed by atoms with E-state index in [1.807, 2.05) is 4.90 Å². The summed E-state index contributed by atoms with van der Waals surface area (Å²) in [5.74, 6) is -2.89. The van der Waals surface area contributed by atoms with Gasteiger partial charge < -0.3 is 38.8 Å². The maximum absolute atomic E-state index is 17.5. The van der Waals surface area contributed by atoms with Gasteiger partial charge in [-0.3, -0.25) is 24.4 Å². The number of anilines is 1. The number of alkyl halides is 3. The lowest BCUT2D eigenvalue weighted by Crippen LogP contribution is -2.56. The summed E-state index contributed by atoms with van der Waals surface area (Å²) in [5.41, 5.74) is -0.577. The molecule has 2 unspecified atom stereocenters. The van der Waals surface area contributed by atoms with Crippen LogP contribution < -0.4 is 19.9 Å². The van der Waals surface area contributed by atoms with Gasteiger partial charge in [0.05, 0.1) is 70.7 Å². The summed E-state index contributed by atoms with van der Waals surface area (Å²) in [7, 11) is 0. The molecule has 11 heterocycles. The number of hydrogen-bond acceptors (Lipinski definition) is 15. The van der Waals surface area contributed by atoms with Crippen LogP contribution in [0.1, 0.15) is 73.3 Å². The molecule has 0 radical (unpaired) electrons. The Labute approximate surface area is 470 Å². The van der Waals surface area contributed by atoms with E-state index < -0.39 is 59.5 Å². The van der Waals surface area contributed by atoms with Crippen LogP contribution in [0.25, 0.3) is 55.2 Å². The van der Waals surface area contributed by atoms with Crippen molar-refractivity contribution in [1.82, 2.24) is 39.2 Å². The number of halogens is 5. The third-order valence-corrected chi connectivity index (χ3v) is 18.1. The molecule has 3 aromatic carbocycles. The number of piperazine rings is 1. The second kappa shape index (κ2) is 19.1. The van der Waals surface area contributed by atoms with Gasteiger partial charge >= 0.3 is 12.0 Å². The molecule has 426 valence electrons. The number of rotatable bonds is 12. The van der Waals surface area contributed by atoms with Crippen molar-refractivity contribution in [3.8, 4) is 52.5 Å². The number of hydrogen-bond donors (Lipinski definition) is 2. The Morgan fingerprint density at radius 2 is 1.77 bits per heavy atom. The average Bonchev–Trinajstić information content (AvgIpc) is 3.05. The first-order valence-corrected chi connectivity index (χ1v) is 27.8. The molecule has 0 spiro atoms. The second-order valence-electron chi connectivity index (χ2n) is 23.1. The van der Waals surface area contributed by atoms with E-state index in [4.69, 9.17) is 30.6 Å². The fourth-order valence-electron chi connectivity index (χ4n) is 14.1. The van der Waals surface area contributed by atoms with Crippen LogP contribution >= 0.6 is 0 Å².